The van der Waals surface area contributed by atoms with Crippen LogP contribution in [0.25, 0.3) is 11.3 Å². The number of aryl methyl sites for hydroxylation is 1. The lowest BCUT2D eigenvalue weighted by Gasteiger charge is -2.25. The maximum absolute atomic E-state index is 12.7. The Morgan fingerprint density at radius 3 is 2.71 bits per heavy atom. The number of nitrogens with one attached hydrogen (secondary N) is 2. The average Bonchev–Trinajstić information content (AvgIpc) is 3.25. The third kappa shape index (κ3) is 2.44. The summed E-state index contributed by atoms with van der Waals surface area (Å²) in [6, 6.07) is 8.07. The Morgan fingerprint density at radius 1 is 1.21 bits per heavy atom. The highest BCUT2D eigenvalue weighted by molar-refractivity contribution is 7.89. The van der Waals surface area contributed by atoms with E-state index in [2.05, 4.69) is 20.2 Å². The van der Waals surface area contributed by atoms with Crippen LogP contribution >= 0.6 is 0 Å². The van der Waals surface area contributed by atoms with Gasteiger partial charge in [0, 0.05) is 36.3 Å². The van der Waals surface area contributed by atoms with Gasteiger partial charge in [-0.3, -0.25) is 5.10 Å². The molecule has 124 valence electrons. The Labute approximate surface area is 139 Å². The van der Waals surface area contributed by atoms with Gasteiger partial charge in [-0.05, 0) is 6.92 Å². The number of sulfonamides is 1. The van der Waals surface area contributed by atoms with Crippen molar-refractivity contribution in [3.8, 4) is 11.3 Å². The van der Waals surface area contributed by atoms with E-state index in [1.165, 1.54) is 22.4 Å². The summed E-state index contributed by atoms with van der Waals surface area (Å²) in [5.41, 5.74) is 4.91. The van der Waals surface area contributed by atoms with Crippen LogP contribution in [-0.2, 0) is 23.0 Å². The van der Waals surface area contributed by atoms with E-state index in [9.17, 15) is 8.42 Å². The van der Waals surface area contributed by atoms with Crippen molar-refractivity contribution in [2.75, 3.05) is 6.54 Å². The van der Waals surface area contributed by atoms with Crippen LogP contribution < -0.4 is 0 Å². The minimum Gasteiger partial charge on any atom is -0.335 e. The standard InChI is InChI=1S/C16H17N5O2S/c1-11-2-4-12(5-3-11)16-13-9-21(7-6-14(13)19-20-16)24(22,23)15-8-17-10-18-15/h2-5,8,10H,6-7,9H2,1H3,(H,17,18)(H,19,20). The zero-order valence-electron chi connectivity index (χ0n) is 13.2. The molecule has 1 aromatic carbocycles. The van der Waals surface area contributed by atoms with E-state index in [-0.39, 0.29) is 5.03 Å². The Morgan fingerprint density at radius 2 is 2.00 bits per heavy atom. The Kier molecular flexibility index (Phi) is 3.50. The summed E-state index contributed by atoms with van der Waals surface area (Å²) in [4.78, 5) is 6.49. The Bertz CT molecular complexity index is 959. The first-order chi connectivity index (χ1) is 11.6. The largest absolute Gasteiger partial charge is 0.335 e. The van der Waals surface area contributed by atoms with Gasteiger partial charge >= 0.3 is 0 Å². The number of imidazole rings is 1. The molecular weight excluding hydrogens is 326 g/mol. The molecule has 0 atom stereocenters. The summed E-state index contributed by atoms with van der Waals surface area (Å²) < 4.78 is 26.9. The molecule has 0 aliphatic carbocycles. The number of rotatable bonds is 3. The number of hydrogen-bond donors (Lipinski definition) is 2. The van der Waals surface area contributed by atoms with Gasteiger partial charge in [0.15, 0.2) is 5.03 Å². The van der Waals surface area contributed by atoms with Crippen molar-refractivity contribution >= 4 is 10.0 Å². The molecular formula is C16H17N5O2S. The molecule has 1 aliphatic heterocycles. The van der Waals surface area contributed by atoms with Crippen LogP contribution in [0.5, 0.6) is 0 Å². The molecule has 8 heteroatoms. The summed E-state index contributed by atoms with van der Waals surface area (Å²) >= 11 is 0. The second-order valence-corrected chi connectivity index (χ2v) is 7.81. The first-order valence-corrected chi connectivity index (χ1v) is 9.11. The van der Waals surface area contributed by atoms with Gasteiger partial charge in [0.05, 0.1) is 18.2 Å². The molecule has 0 saturated heterocycles. The number of nitrogens with zero attached hydrogens (tertiary/aromatic N) is 3. The lowest BCUT2D eigenvalue weighted by atomic mass is 10.0. The van der Waals surface area contributed by atoms with Crippen LogP contribution in [0.15, 0.2) is 41.8 Å². The number of hydrogen-bond acceptors (Lipinski definition) is 4. The zero-order chi connectivity index (χ0) is 16.7. The van der Waals surface area contributed by atoms with Crippen LogP contribution in [0.2, 0.25) is 0 Å². The molecule has 0 saturated carbocycles. The van der Waals surface area contributed by atoms with E-state index < -0.39 is 10.0 Å². The van der Waals surface area contributed by atoms with Crippen LogP contribution in [0.3, 0.4) is 0 Å². The Hall–Kier alpha value is -2.45. The maximum Gasteiger partial charge on any atom is 0.260 e. The fourth-order valence-electron chi connectivity index (χ4n) is 2.95. The van der Waals surface area contributed by atoms with Gasteiger partial charge in [0.2, 0.25) is 0 Å². The molecule has 0 spiro atoms. The third-order valence-corrected chi connectivity index (χ3v) is 6.09. The molecule has 1 aliphatic rings. The molecule has 0 radical (unpaired) electrons. The van der Waals surface area contributed by atoms with Crippen LogP contribution in [0.4, 0.5) is 0 Å². The molecule has 2 aromatic heterocycles. The van der Waals surface area contributed by atoms with Crippen molar-refractivity contribution < 1.29 is 8.42 Å². The van der Waals surface area contributed by atoms with E-state index in [0.717, 1.165) is 22.5 Å². The lowest BCUT2D eigenvalue weighted by Crippen LogP contribution is -2.36. The van der Waals surface area contributed by atoms with Crippen molar-refractivity contribution in [2.45, 2.75) is 24.9 Å². The molecule has 24 heavy (non-hydrogen) atoms. The topological polar surface area (TPSA) is 94.7 Å². The molecule has 7 nitrogen and oxygen atoms in total. The minimum absolute atomic E-state index is 0.117. The van der Waals surface area contributed by atoms with E-state index in [4.69, 9.17) is 0 Å². The van der Waals surface area contributed by atoms with Crippen LogP contribution in [0.1, 0.15) is 16.8 Å². The van der Waals surface area contributed by atoms with Gasteiger partial charge in [-0.15, -0.1) is 0 Å². The van der Waals surface area contributed by atoms with E-state index >= 15 is 0 Å². The highest BCUT2D eigenvalue weighted by Gasteiger charge is 2.32. The fraction of sp³-hybridized carbons (Fsp3) is 0.250. The predicted molar refractivity (Wildman–Crippen MR) is 88.6 cm³/mol. The molecule has 0 bridgehead atoms. The number of H-pyrrole nitrogens is 2. The van der Waals surface area contributed by atoms with E-state index in [1.807, 2.05) is 31.2 Å². The molecule has 0 unspecified atom stereocenters. The highest BCUT2D eigenvalue weighted by Crippen LogP contribution is 2.30. The van der Waals surface area contributed by atoms with Crippen molar-refractivity contribution in [3.63, 3.8) is 0 Å². The molecule has 2 N–H and O–H groups in total. The quantitative estimate of drug-likeness (QED) is 0.759. The second kappa shape index (κ2) is 5.57. The molecule has 0 amide bonds. The van der Waals surface area contributed by atoms with Gasteiger partial charge in [0.1, 0.15) is 0 Å². The summed E-state index contributed by atoms with van der Waals surface area (Å²) in [6.45, 7) is 2.75. The summed E-state index contributed by atoms with van der Waals surface area (Å²) in [7, 11) is -3.57. The maximum atomic E-state index is 12.7. The van der Waals surface area contributed by atoms with Crippen molar-refractivity contribution in [2.24, 2.45) is 0 Å². The van der Waals surface area contributed by atoms with E-state index in [1.54, 1.807) is 0 Å². The SMILES string of the molecule is Cc1ccc(-c2n[nH]c3c2CN(S(=O)(=O)c2cnc[nH]2)CC3)cc1. The zero-order valence-corrected chi connectivity index (χ0v) is 14.0. The van der Waals surface area contributed by atoms with Gasteiger partial charge in [0.25, 0.3) is 10.0 Å². The normalized spacial score (nSPS) is 15.4. The first kappa shape index (κ1) is 15.1. The highest BCUT2D eigenvalue weighted by atomic mass is 32.2. The van der Waals surface area contributed by atoms with E-state index in [0.29, 0.717) is 19.5 Å². The molecule has 4 rings (SSSR count). The third-order valence-electron chi connectivity index (χ3n) is 4.31. The molecule has 3 heterocycles. The fourth-order valence-corrected chi connectivity index (χ4v) is 4.25. The summed E-state index contributed by atoms with van der Waals surface area (Å²) in [5, 5.41) is 7.58. The van der Waals surface area contributed by atoms with Crippen LogP contribution in [-0.4, -0.2) is 39.4 Å². The number of fused-ring (bicyclic) bond motifs is 1. The first-order valence-electron chi connectivity index (χ1n) is 7.67. The van der Waals surface area contributed by atoms with Crippen molar-refractivity contribution in [3.05, 3.63) is 53.6 Å². The van der Waals surface area contributed by atoms with Gasteiger partial charge < -0.3 is 4.98 Å². The van der Waals surface area contributed by atoms with Gasteiger partial charge in [-0.25, -0.2) is 13.4 Å². The summed E-state index contributed by atoms with van der Waals surface area (Å²) in [5.74, 6) is 0. The van der Waals surface area contributed by atoms with Gasteiger partial charge in [-0.1, -0.05) is 29.8 Å². The van der Waals surface area contributed by atoms with Gasteiger partial charge in [-0.2, -0.15) is 9.40 Å². The van der Waals surface area contributed by atoms with Crippen molar-refractivity contribution in [1.82, 2.24) is 24.5 Å². The second-order valence-electron chi connectivity index (χ2n) is 5.90. The van der Waals surface area contributed by atoms with Crippen LogP contribution in [0, 0.1) is 6.92 Å². The number of aromatic amines is 2. The smallest absolute Gasteiger partial charge is 0.260 e. The monoisotopic (exact) mass is 343 g/mol. The molecule has 3 aromatic rings. The number of benzene rings is 1. The number of aromatic nitrogens is 4. The summed E-state index contributed by atoms with van der Waals surface area (Å²) in [6.07, 6.45) is 3.32. The average molecular weight is 343 g/mol. The van der Waals surface area contributed by atoms with Crippen molar-refractivity contribution in [1.29, 1.82) is 0 Å². The predicted octanol–water partition coefficient (Wildman–Crippen LogP) is 1.86. The minimum atomic E-state index is -3.57. The lowest BCUT2D eigenvalue weighted by molar-refractivity contribution is 0.389. The Balaban J connectivity index is 1.70. The molecule has 0 fully saturated rings.